The molecule has 0 radical (unpaired) electrons. The largest absolute Gasteiger partial charge is 0.497 e. The topological polar surface area (TPSA) is 72.4 Å². The third-order valence-electron chi connectivity index (χ3n) is 7.05. The molecule has 0 aliphatic carbocycles. The molecule has 0 spiro atoms. The van der Waals surface area contributed by atoms with Crippen molar-refractivity contribution in [2.75, 3.05) is 46.7 Å². The fraction of sp³-hybridized carbons (Fsp3) is 0.357. The van der Waals surface area contributed by atoms with Crippen LogP contribution in [0.1, 0.15) is 15.9 Å². The zero-order chi connectivity index (χ0) is 26.6. The predicted molar refractivity (Wildman–Crippen MR) is 143 cm³/mol. The van der Waals surface area contributed by atoms with Gasteiger partial charge in [0.1, 0.15) is 30.0 Å². The number of hydrogen-bond acceptors (Lipinski definition) is 5. The van der Waals surface area contributed by atoms with Gasteiger partial charge in [-0.15, -0.1) is 0 Å². The van der Waals surface area contributed by atoms with Crippen molar-refractivity contribution < 1.29 is 23.0 Å². The number of aromatic nitrogens is 3. The number of carbonyl (C=O) groups is 1. The highest BCUT2D eigenvalue weighted by Gasteiger charge is 2.29. The van der Waals surface area contributed by atoms with E-state index in [-0.39, 0.29) is 31.4 Å². The lowest BCUT2D eigenvalue weighted by Crippen LogP contribution is -2.31. The molecule has 38 heavy (non-hydrogen) atoms. The van der Waals surface area contributed by atoms with Gasteiger partial charge in [-0.2, -0.15) is 5.10 Å². The van der Waals surface area contributed by atoms with Crippen LogP contribution in [0, 0.1) is 5.92 Å². The number of nitrogens with one attached hydrogen (secondary N) is 1. The number of halogens is 3. The Morgan fingerprint density at radius 1 is 1.21 bits per heavy atom. The first-order chi connectivity index (χ1) is 18.5. The number of aromatic amines is 1. The van der Waals surface area contributed by atoms with Crippen LogP contribution in [0.4, 0.5) is 8.78 Å². The van der Waals surface area contributed by atoms with E-state index >= 15 is 0 Å². The minimum absolute atomic E-state index is 0.0133. The van der Waals surface area contributed by atoms with Gasteiger partial charge in [-0.25, -0.2) is 8.78 Å². The first-order valence-corrected chi connectivity index (χ1v) is 12.9. The van der Waals surface area contributed by atoms with Crippen molar-refractivity contribution >= 4 is 28.3 Å². The highest BCUT2D eigenvalue weighted by atomic mass is 35.5. The van der Waals surface area contributed by atoms with Crippen molar-refractivity contribution in [3.63, 3.8) is 0 Å². The summed E-state index contributed by atoms with van der Waals surface area (Å²) in [6, 6.07) is 11.4. The van der Waals surface area contributed by atoms with Crippen LogP contribution in [0.25, 0.3) is 22.0 Å². The number of ketones is 1. The first kappa shape index (κ1) is 26.2. The summed E-state index contributed by atoms with van der Waals surface area (Å²) in [7, 11) is 1.61. The van der Waals surface area contributed by atoms with E-state index in [2.05, 4.69) is 10.2 Å². The minimum Gasteiger partial charge on any atom is -0.497 e. The molecular formula is C28H29ClF2N4O3. The molecule has 5 rings (SSSR count). The molecule has 0 fully saturated rings. The maximum absolute atomic E-state index is 13.8. The number of benzene rings is 2. The highest BCUT2D eigenvalue weighted by molar-refractivity contribution is 6.32. The Balaban J connectivity index is 1.49. The SMILES string of the molecule is COc1ccc2c(c1)C[C@H](C(=O)c1cn(CCN(CCF)CCF)c3cc(-c4cn[nH]c4Cl)ccc13)CO2. The van der Waals surface area contributed by atoms with Crippen molar-refractivity contribution in [1.29, 1.82) is 0 Å². The molecule has 0 unspecified atom stereocenters. The van der Waals surface area contributed by atoms with Gasteiger partial charge in [-0.05, 0) is 41.8 Å². The summed E-state index contributed by atoms with van der Waals surface area (Å²) in [5.74, 6) is 1.11. The summed E-state index contributed by atoms with van der Waals surface area (Å²) in [4.78, 5) is 15.6. The highest BCUT2D eigenvalue weighted by Crippen LogP contribution is 2.35. The Bertz CT molecular complexity index is 1430. The minimum atomic E-state index is -0.548. The van der Waals surface area contributed by atoms with E-state index in [9.17, 15) is 13.6 Å². The van der Waals surface area contributed by atoms with Crippen LogP contribution < -0.4 is 9.47 Å². The zero-order valence-electron chi connectivity index (χ0n) is 21.1. The molecule has 10 heteroatoms. The number of alkyl halides is 2. The van der Waals surface area contributed by atoms with Crippen LogP contribution in [0.15, 0.2) is 48.8 Å². The molecule has 1 atom stereocenters. The lowest BCUT2D eigenvalue weighted by Gasteiger charge is -2.24. The third kappa shape index (κ3) is 5.26. The Kier molecular flexibility index (Phi) is 7.95. The van der Waals surface area contributed by atoms with Gasteiger partial charge in [0.15, 0.2) is 5.78 Å². The second-order valence-corrected chi connectivity index (χ2v) is 9.71. The van der Waals surface area contributed by atoms with E-state index in [1.54, 1.807) is 18.2 Å². The molecule has 0 saturated carbocycles. The Hall–Kier alpha value is -3.43. The van der Waals surface area contributed by atoms with Crippen molar-refractivity contribution in [3.05, 3.63) is 65.1 Å². The van der Waals surface area contributed by atoms with Gasteiger partial charge in [0.25, 0.3) is 0 Å². The lowest BCUT2D eigenvalue weighted by molar-refractivity contribution is 0.0856. The molecule has 7 nitrogen and oxygen atoms in total. The Morgan fingerprint density at radius 3 is 2.74 bits per heavy atom. The molecule has 3 heterocycles. The Morgan fingerprint density at radius 2 is 2.03 bits per heavy atom. The molecule has 0 bridgehead atoms. The fourth-order valence-electron chi connectivity index (χ4n) is 5.02. The monoisotopic (exact) mass is 542 g/mol. The average Bonchev–Trinajstić information content (AvgIpc) is 3.53. The van der Waals surface area contributed by atoms with Gasteiger partial charge < -0.3 is 14.0 Å². The van der Waals surface area contributed by atoms with E-state index in [0.717, 1.165) is 33.3 Å². The number of hydrogen-bond donors (Lipinski definition) is 1. The predicted octanol–water partition coefficient (Wildman–Crippen LogP) is 5.37. The van der Waals surface area contributed by atoms with E-state index < -0.39 is 13.3 Å². The molecule has 2 aromatic heterocycles. The van der Waals surface area contributed by atoms with Crippen LogP contribution in [0.3, 0.4) is 0 Å². The quantitative estimate of drug-likeness (QED) is 0.258. The third-order valence-corrected chi connectivity index (χ3v) is 7.34. The molecule has 1 N–H and O–H groups in total. The second-order valence-electron chi connectivity index (χ2n) is 9.34. The summed E-state index contributed by atoms with van der Waals surface area (Å²) in [6.45, 7) is 0.421. The molecule has 2 aromatic carbocycles. The van der Waals surface area contributed by atoms with Gasteiger partial charge in [0.2, 0.25) is 0 Å². The van der Waals surface area contributed by atoms with Crippen LogP contribution in [-0.4, -0.2) is 72.1 Å². The number of carbonyl (C=O) groups excluding carboxylic acids is 1. The summed E-state index contributed by atoms with van der Waals surface area (Å²) in [5.41, 5.74) is 3.95. The number of Topliss-reactive ketones (excluding diaryl/α,β-unsaturated/α-hetero) is 1. The summed E-state index contributed by atoms with van der Waals surface area (Å²) >= 11 is 6.28. The normalized spacial score (nSPS) is 15.0. The number of nitrogens with zero attached hydrogens (tertiary/aromatic N) is 3. The molecule has 4 aromatic rings. The molecule has 0 saturated heterocycles. The van der Waals surface area contributed by atoms with Crippen molar-refractivity contribution in [3.8, 4) is 22.6 Å². The lowest BCUT2D eigenvalue weighted by atomic mass is 9.89. The van der Waals surface area contributed by atoms with Crippen molar-refractivity contribution in [2.24, 2.45) is 5.92 Å². The molecule has 0 amide bonds. The number of rotatable bonds is 11. The smallest absolute Gasteiger partial charge is 0.171 e. The van der Waals surface area contributed by atoms with Crippen LogP contribution in [0.2, 0.25) is 5.15 Å². The van der Waals surface area contributed by atoms with E-state index in [1.165, 1.54) is 0 Å². The standard InChI is InChI=1S/C28H29ClF2N4O3/c1-37-21-3-5-26-19(13-21)12-20(17-38-26)27(36)24-16-35(11-10-34(8-6-30)9-7-31)25-14-18(2-4-22(24)25)23-15-32-33-28(23)29/h2-5,13-16,20H,6-12,17H2,1H3,(H,32,33)/t20-/m0/s1. The summed E-state index contributed by atoms with van der Waals surface area (Å²) < 4.78 is 39.3. The molecular weight excluding hydrogens is 514 g/mol. The number of methoxy groups -OCH3 is 1. The Labute approximate surface area is 224 Å². The molecule has 200 valence electrons. The van der Waals surface area contributed by atoms with Gasteiger partial charge in [-0.3, -0.25) is 14.8 Å². The van der Waals surface area contributed by atoms with Gasteiger partial charge in [0, 0.05) is 54.4 Å². The summed E-state index contributed by atoms with van der Waals surface area (Å²) in [5, 5.41) is 7.97. The van der Waals surface area contributed by atoms with Crippen molar-refractivity contribution in [2.45, 2.75) is 13.0 Å². The molecule has 1 aliphatic rings. The van der Waals surface area contributed by atoms with Gasteiger partial charge in [0.05, 0.1) is 25.8 Å². The van der Waals surface area contributed by atoms with Gasteiger partial charge >= 0.3 is 0 Å². The van der Waals surface area contributed by atoms with Gasteiger partial charge in [-0.1, -0.05) is 23.7 Å². The summed E-state index contributed by atoms with van der Waals surface area (Å²) in [6.07, 6.45) is 4.04. The van der Waals surface area contributed by atoms with Crippen LogP contribution >= 0.6 is 11.6 Å². The van der Waals surface area contributed by atoms with Crippen LogP contribution in [0.5, 0.6) is 11.5 Å². The maximum atomic E-state index is 13.8. The van der Waals surface area contributed by atoms with E-state index in [1.807, 2.05) is 47.2 Å². The van der Waals surface area contributed by atoms with Crippen molar-refractivity contribution in [1.82, 2.24) is 19.7 Å². The zero-order valence-corrected chi connectivity index (χ0v) is 21.8. The maximum Gasteiger partial charge on any atom is 0.171 e. The average molecular weight is 543 g/mol. The fourth-order valence-corrected chi connectivity index (χ4v) is 5.23. The number of H-pyrrole nitrogens is 1. The molecule has 1 aliphatic heterocycles. The second kappa shape index (κ2) is 11.5. The van der Waals surface area contributed by atoms with E-state index in [0.29, 0.717) is 36.0 Å². The number of fused-ring (bicyclic) bond motifs is 2. The number of ether oxygens (including phenoxy) is 2. The van der Waals surface area contributed by atoms with Crippen LogP contribution in [-0.2, 0) is 13.0 Å². The van der Waals surface area contributed by atoms with E-state index in [4.69, 9.17) is 21.1 Å². The first-order valence-electron chi connectivity index (χ1n) is 12.5.